The molecular formula is C11H14FN3O3S2. The van der Waals surface area contributed by atoms with Crippen molar-refractivity contribution in [3.8, 4) is 0 Å². The van der Waals surface area contributed by atoms with Gasteiger partial charge in [0.2, 0.25) is 15.9 Å². The molecule has 0 aromatic heterocycles. The van der Waals surface area contributed by atoms with Crippen LogP contribution < -0.4 is 16.2 Å². The zero-order valence-electron chi connectivity index (χ0n) is 10.8. The highest BCUT2D eigenvalue weighted by Crippen LogP contribution is 2.20. The summed E-state index contributed by atoms with van der Waals surface area (Å²) in [6, 6.07) is 3.37. The SMILES string of the molecule is CC(C)(NS(=O)(=O)c1cccc(F)c1C(N)=S)C(N)=O. The van der Waals surface area contributed by atoms with Crippen molar-refractivity contribution < 1.29 is 17.6 Å². The van der Waals surface area contributed by atoms with E-state index < -0.39 is 42.7 Å². The molecule has 0 saturated carbocycles. The van der Waals surface area contributed by atoms with Crippen LogP contribution in [0.4, 0.5) is 4.39 Å². The Morgan fingerprint density at radius 3 is 2.35 bits per heavy atom. The van der Waals surface area contributed by atoms with Crippen LogP contribution in [0.25, 0.3) is 0 Å². The molecule has 5 N–H and O–H groups in total. The fraction of sp³-hybridized carbons (Fsp3) is 0.273. The van der Waals surface area contributed by atoms with Gasteiger partial charge in [0, 0.05) is 0 Å². The lowest BCUT2D eigenvalue weighted by Gasteiger charge is -2.22. The summed E-state index contributed by atoms with van der Waals surface area (Å²) in [7, 11) is -4.22. The van der Waals surface area contributed by atoms with E-state index in [9.17, 15) is 17.6 Å². The van der Waals surface area contributed by atoms with E-state index in [1.54, 1.807) is 0 Å². The number of amides is 1. The predicted octanol–water partition coefficient (Wildman–Crippen LogP) is 0.00210. The molecule has 6 nitrogen and oxygen atoms in total. The standard InChI is InChI=1S/C11H14FN3O3S2/c1-11(2,10(14)16)15-20(17,18)7-5-3-4-6(12)8(7)9(13)19/h3-5,15H,1-2H3,(H2,13,19)(H2,14,16). The number of thiocarbonyl (C=S) groups is 1. The Hall–Kier alpha value is -1.58. The number of hydrogen-bond donors (Lipinski definition) is 3. The van der Waals surface area contributed by atoms with Gasteiger partial charge in [0.25, 0.3) is 0 Å². The minimum absolute atomic E-state index is 0.402. The van der Waals surface area contributed by atoms with Gasteiger partial charge in [-0.25, -0.2) is 12.8 Å². The Morgan fingerprint density at radius 1 is 1.35 bits per heavy atom. The fourth-order valence-electron chi connectivity index (χ4n) is 1.41. The van der Waals surface area contributed by atoms with E-state index >= 15 is 0 Å². The van der Waals surface area contributed by atoms with Gasteiger partial charge in [-0.05, 0) is 26.0 Å². The van der Waals surface area contributed by atoms with Crippen LogP contribution >= 0.6 is 12.2 Å². The van der Waals surface area contributed by atoms with E-state index in [1.807, 2.05) is 0 Å². The third-order valence-electron chi connectivity index (χ3n) is 2.52. The van der Waals surface area contributed by atoms with Crippen molar-refractivity contribution in [1.82, 2.24) is 4.72 Å². The summed E-state index contributed by atoms with van der Waals surface area (Å²) in [6.07, 6.45) is 0. The van der Waals surface area contributed by atoms with Gasteiger partial charge in [0.05, 0.1) is 10.5 Å². The minimum atomic E-state index is -4.22. The second kappa shape index (κ2) is 5.43. The van der Waals surface area contributed by atoms with Crippen molar-refractivity contribution in [1.29, 1.82) is 0 Å². The molecule has 0 spiro atoms. The van der Waals surface area contributed by atoms with E-state index in [4.69, 9.17) is 11.5 Å². The molecule has 0 saturated heterocycles. The van der Waals surface area contributed by atoms with Gasteiger partial charge in [-0.2, -0.15) is 4.72 Å². The molecule has 0 aliphatic carbocycles. The van der Waals surface area contributed by atoms with Crippen LogP contribution in [0.5, 0.6) is 0 Å². The molecule has 0 heterocycles. The topological polar surface area (TPSA) is 115 Å². The van der Waals surface area contributed by atoms with Crippen molar-refractivity contribution in [2.24, 2.45) is 11.5 Å². The maximum atomic E-state index is 13.7. The first-order valence-electron chi connectivity index (χ1n) is 5.41. The summed E-state index contributed by atoms with van der Waals surface area (Å²) in [5.41, 5.74) is 8.49. The molecule has 9 heteroatoms. The Labute approximate surface area is 121 Å². The van der Waals surface area contributed by atoms with Crippen molar-refractivity contribution in [2.45, 2.75) is 24.3 Å². The predicted molar refractivity (Wildman–Crippen MR) is 75.9 cm³/mol. The molecule has 1 amide bonds. The number of carbonyl (C=O) groups excluding carboxylic acids is 1. The molecule has 0 unspecified atom stereocenters. The lowest BCUT2D eigenvalue weighted by atomic mass is 10.1. The Balaban J connectivity index is 3.42. The van der Waals surface area contributed by atoms with E-state index in [2.05, 4.69) is 16.9 Å². The van der Waals surface area contributed by atoms with Crippen LogP contribution in [-0.4, -0.2) is 24.9 Å². The summed E-state index contributed by atoms with van der Waals surface area (Å²) < 4.78 is 40.2. The van der Waals surface area contributed by atoms with E-state index in [0.717, 1.165) is 12.1 Å². The highest BCUT2D eigenvalue weighted by Gasteiger charge is 2.33. The van der Waals surface area contributed by atoms with Gasteiger partial charge in [0.15, 0.2) is 0 Å². The van der Waals surface area contributed by atoms with Crippen LogP contribution in [-0.2, 0) is 14.8 Å². The average Bonchev–Trinajstić information content (AvgIpc) is 2.26. The molecule has 1 rings (SSSR count). The maximum Gasteiger partial charge on any atom is 0.242 e. The summed E-state index contributed by atoms with van der Waals surface area (Å²) in [6.45, 7) is 2.57. The normalized spacial score (nSPS) is 12.2. The highest BCUT2D eigenvalue weighted by atomic mass is 32.2. The molecule has 1 aromatic carbocycles. The number of sulfonamides is 1. The Kier molecular flexibility index (Phi) is 4.47. The Bertz CT molecular complexity index is 671. The molecule has 0 aliphatic rings. The number of benzene rings is 1. The smallest absolute Gasteiger partial charge is 0.242 e. The zero-order chi connectivity index (χ0) is 15.7. The number of halogens is 1. The second-order valence-corrected chi connectivity index (χ2v) is 6.66. The Morgan fingerprint density at radius 2 is 1.90 bits per heavy atom. The van der Waals surface area contributed by atoms with Crippen LogP contribution in [0, 0.1) is 5.82 Å². The first kappa shape index (κ1) is 16.5. The van der Waals surface area contributed by atoms with Crippen LogP contribution in [0.15, 0.2) is 23.1 Å². The number of hydrogen-bond acceptors (Lipinski definition) is 4. The second-order valence-electron chi connectivity index (χ2n) is 4.57. The van der Waals surface area contributed by atoms with Gasteiger partial charge in [0.1, 0.15) is 16.3 Å². The lowest BCUT2D eigenvalue weighted by molar-refractivity contribution is -0.122. The van der Waals surface area contributed by atoms with E-state index in [0.29, 0.717) is 0 Å². The van der Waals surface area contributed by atoms with Gasteiger partial charge in [-0.1, -0.05) is 18.3 Å². The lowest BCUT2D eigenvalue weighted by Crippen LogP contribution is -2.53. The summed E-state index contributed by atoms with van der Waals surface area (Å²) in [5, 5.41) is 0. The fourth-order valence-corrected chi connectivity index (χ4v) is 3.30. The molecule has 0 atom stereocenters. The van der Waals surface area contributed by atoms with Crippen LogP contribution in [0.3, 0.4) is 0 Å². The largest absolute Gasteiger partial charge is 0.389 e. The van der Waals surface area contributed by atoms with Gasteiger partial charge in [-0.15, -0.1) is 0 Å². The van der Waals surface area contributed by atoms with E-state index in [1.165, 1.54) is 19.9 Å². The maximum absolute atomic E-state index is 13.7. The number of primary amides is 1. The molecule has 0 fully saturated rings. The van der Waals surface area contributed by atoms with Gasteiger partial charge >= 0.3 is 0 Å². The number of nitrogens with two attached hydrogens (primary N) is 2. The molecule has 0 aliphatic heterocycles. The minimum Gasteiger partial charge on any atom is -0.389 e. The highest BCUT2D eigenvalue weighted by molar-refractivity contribution is 7.89. The average molecular weight is 319 g/mol. The molecule has 1 aromatic rings. The van der Waals surface area contributed by atoms with Crippen molar-refractivity contribution in [3.05, 3.63) is 29.6 Å². The monoisotopic (exact) mass is 319 g/mol. The summed E-state index contributed by atoms with van der Waals surface area (Å²) in [5.74, 6) is -1.74. The van der Waals surface area contributed by atoms with Crippen LogP contribution in [0.2, 0.25) is 0 Å². The first-order valence-corrected chi connectivity index (χ1v) is 7.30. The third kappa shape index (κ3) is 3.30. The van der Waals surface area contributed by atoms with Crippen LogP contribution in [0.1, 0.15) is 19.4 Å². The number of rotatable bonds is 5. The molecule has 0 bridgehead atoms. The molecule has 0 radical (unpaired) electrons. The molecule has 110 valence electrons. The third-order valence-corrected chi connectivity index (χ3v) is 4.42. The van der Waals surface area contributed by atoms with Crippen molar-refractivity contribution in [3.63, 3.8) is 0 Å². The number of nitrogens with one attached hydrogen (secondary N) is 1. The summed E-state index contributed by atoms with van der Waals surface area (Å²) in [4.78, 5) is 10.3. The first-order chi connectivity index (χ1) is 8.99. The van der Waals surface area contributed by atoms with Crippen molar-refractivity contribution in [2.75, 3.05) is 0 Å². The van der Waals surface area contributed by atoms with Crippen molar-refractivity contribution >= 4 is 33.1 Å². The van der Waals surface area contributed by atoms with E-state index in [-0.39, 0.29) is 0 Å². The quantitative estimate of drug-likeness (QED) is 0.661. The zero-order valence-corrected chi connectivity index (χ0v) is 12.4. The van der Waals surface area contributed by atoms with Gasteiger partial charge in [-0.3, -0.25) is 4.79 Å². The molecular weight excluding hydrogens is 305 g/mol. The number of carbonyl (C=O) groups is 1. The molecule has 20 heavy (non-hydrogen) atoms. The summed E-state index contributed by atoms with van der Waals surface area (Å²) >= 11 is 4.65. The van der Waals surface area contributed by atoms with Gasteiger partial charge < -0.3 is 11.5 Å².